The minimum Gasteiger partial charge on any atom is -0.315 e. The SMILES string of the molecule is CCCCCCCCCCNCCn1ccnn1. The summed E-state index contributed by atoms with van der Waals surface area (Å²) in [5.41, 5.74) is 0. The van der Waals surface area contributed by atoms with Crippen molar-refractivity contribution in [3.05, 3.63) is 12.4 Å². The van der Waals surface area contributed by atoms with Gasteiger partial charge in [-0.2, -0.15) is 0 Å². The molecule has 0 aromatic carbocycles. The van der Waals surface area contributed by atoms with Crippen molar-refractivity contribution in [2.45, 2.75) is 64.8 Å². The van der Waals surface area contributed by atoms with Crippen LogP contribution in [0.5, 0.6) is 0 Å². The minimum absolute atomic E-state index is 0.914. The summed E-state index contributed by atoms with van der Waals surface area (Å²) in [6.45, 7) is 5.30. The van der Waals surface area contributed by atoms with Crippen LogP contribution >= 0.6 is 0 Å². The molecule has 0 aliphatic heterocycles. The molecule has 0 fully saturated rings. The van der Waals surface area contributed by atoms with E-state index in [2.05, 4.69) is 22.6 Å². The van der Waals surface area contributed by atoms with Crippen LogP contribution in [0.4, 0.5) is 0 Å². The molecule has 1 N–H and O–H groups in total. The molecule has 4 nitrogen and oxygen atoms in total. The van der Waals surface area contributed by atoms with Crippen molar-refractivity contribution in [2.75, 3.05) is 13.1 Å². The van der Waals surface area contributed by atoms with Crippen molar-refractivity contribution in [1.82, 2.24) is 20.3 Å². The Morgan fingerprint density at radius 3 is 2.33 bits per heavy atom. The molecular formula is C14H28N4. The highest BCUT2D eigenvalue weighted by molar-refractivity contribution is 4.64. The van der Waals surface area contributed by atoms with Gasteiger partial charge in [0.05, 0.1) is 12.7 Å². The predicted molar refractivity (Wildman–Crippen MR) is 75.5 cm³/mol. The van der Waals surface area contributed by atoms with Crippen LogP contribution < -0.4 is 5.32 Å². The third-order valence-corrected chi connectivity index (χ3v) is 3.20. The smallest absolute Gasteiger partial charge is 0.0692 e. The molecule has 0 unspecified atom stereocenters. The lowest BCUT2D eigenvalue weighted by atomic mass is 10.1. The maximum absolute atomic E-state index is 3.93. The quantitative estimate of drug-likeness (QED) is 0.581. The predicted octanol–water partition coefficient (Wildman–Crippen LogP) is 3.01. The van der Waals surface area contributed by atoms with Crippen LogP contribution in [0, 0.1) is 0 Å². The molecule has 104 valence electrons. The lowest BCUT2D eigenvalue weighted by molar-refractivity contribution is 0.517. The number of hydrogen-bond acceptors (Lipinski definition) is 3. The Bertz CT molecular complexity index is 259. The van der Waals surface area contributed by atoms with Crippen molar-refractivity contribution in [3.63, 3.8) is 0 Å². The standard InChI is InChI=1S/C14H28N4/c1-2-3-4-5-6-7-8-9-10-15-11-13-18-14-12-16-17-18/h12,14-15H,2-11,13H2,1H3. The second-order valence-corrected chi connectivity index (χ2v) is 4.89. The lowest BCUT2D eigenvalue weighted by Gasteiger charge is -2.04. The summed E-state index contributed by atoms with van der Waals surface area (Å²) < 4.78 is 1.86. The highest BCUT2D eigenvalue weighted by atomic mass is 15.4. The van der Waals surface area contributed by atoms with E-state index in [1.807, 2.05) is 10.9 Å². The van der Waals surface area contributed by atoms with Gasteiger partial charge < -0.3 is 5.32 Å². The molecular weight excluding hydrogens is 224 g/mol. The molecule has 1 heterocycles. The first-order valence-electron chi connectivity index (χ1n) is 7.48. The first-order chi connectivity index (χ1) is 8.93. The van der Waals surface area contributed by atoms with Gasteiger partial charge in [-0.05, 0) is 13.0 Å². The monoisotopic (exact) mass is 252 g/mol. The zero-order valence-electron chi connectivity index (χ0n) is 11.8. The van der Waals surface area contributed by atoms with Crippen LogP contribution in [0.2, 0.25) is 0 Å². The molecule has 1 aromatic rings. The number of unbranched alkanes of at least 4 members (excludes halogenated alkanes) is 7. The van der Waals surface area contributed by atoms with Crippen molar-refractivity contribution in [2.24, 2.45) is 0 Å². The van der Waals surface area contributed by atoms with Crippen molar-refractivity contribution in [1.29, 1.82) is 0 Å². The fourth-order valence-corrected chi connectivity index (χ4v) is 2.05. The van der Waals surface area contributed by atoms with E-state index in [-0.39, 0.29) is 0 Å². The largest absolute Gasteiger partial charge is 0.315 e. The van der Waals surface area contributed by atoms with Gasteiger partial charge in [-0.1, -0.05) is 57.1 Å². The Hall–Kier alpha value is -0.900. The van der Waals surface area contributed by atoms with Gasteiger partial charge in [0, 0.05) is 12.7 Å². The fourth-order valence-electron chi connectivity index (χ4n) is 2.05. The van der Waals surface area contributed by atoms with E-state index in [9.17, 15) is 0 Å². The van der Waals surface area contributed by atoms with Gasteiger partial charge in [-0.15, -0.1) is 5.10 Å². The van der Waals surface area contributed by atoms with E-state index in [0.717, 1.165) is 19.6 Å². The average molecular weight is 252 g/mol. The van der Waals surface area contributed by atoms with Gasteiger partial charge in [0.2, 0.25) is 0 Å². The second kappa shape index (κ2) is 11.2. The topological polar surface area (TPSA) is 42.7 Å². The van der Waals surface area contributed by atoms with Crippen molar-refractivity contribution < 1.29 is 0 Å². The molecule has 18 heavy (non-hydrogen) atoms. The molecule has 0 radical (unpaired) electrons. The fraction of sp³-hybridized carbons (Fsp3) is 0.857. The summed E-state index contributed by atoms with van der Waals surface area (Å²) in [6.07, 6.45) is 14.7. The Morgan fingerprint density at radius 1 is 0.944 bits per heavy atom. The molecule has 0 spiro atoms. The van der Waals surface area contributed by atoms with E-state index >= 15 is 0 Å². The van der Waals surface area contributed by atoms with Crippen LogP contribution in [0.1, 0.15) is 58.3 Å². The second-order valence-electron chi connectivity index (χ2n) is 4.89. The Morgan fingerprint density at radius 2 is 1.67 bits per heavy atom. The van der Waals surface area contributed by atoms with Crippen LogP contribution in [0.25, 0.3) is 0 Å². The lowest BCUT2D eigenvalue weighted by Crippen LogP contribution is -2.21. The summed E-state index contributed by atoms with van der Waals surface area (Å²) in [4.78, 5) is 0. The Balaban J connectivity index is 1.73. The summed E-state index contributed by atoms with van der Waals surface area (Å²) in [7, 11) is 0. The van der Waals surface area contributed by atoms with Gasteiger partial charge in [0.15, 0.2) is 0 Å². The van der Waals surface area contributed by atoms with E-state index in [1.165, 1.54) is 51.4 Å². The zero-order valence-corrected chi connectivity index (χ0v) is 11.8. The van der Waals surface area contributed by atoms with Gasteiger partial charge in [0.1, 0.15) is 0 Å². The minimum atomic E-state index is 0.914. The number of nitrogens with zero attached hydrogens (tertiary/aromatic N) is 3. The van der Waals surface area contributed by atoms with E-state index in [1.54, 1.807) is 6.20 Å². The Labute approximate surface area is 111 Å². The van der Waals surface area contributed by atoms with Crippen LogP contribution in [-0.4, -0.2) is 28.1 Å². The zero-order chi connectivity index (χ0) is 12.9. The first kappa shape index (κ1) is 15.2. The molecule has 0 aliphatic rings. The summed E-state index contributed by atoms with van der Waals surface area (Å²) in [5, 5.41) is 11.1. The normalized spacial score (nSPS) is 10.9. The highest BCUT2D eigenvalue weighted by Gasteiger charge is 1.93. The maximum atomic E-state index is 3.93. The molecule has 4 heteroatoms. The summed E-state index contributed by atoms with van der Waals surface area (Å²) in [6, 6.07) is 0. The number of rotatable bonds is 12. The van der Waals surface area contributed by atoms with E-state index in [0.29, 0.717) is 0 Å². The average Bonchev–Trinajstić information content (AvgIpc) is 2.89. The van der Waals surface area contributed by atoms with Gasteiger partial charge >= 0.3 is 0 Å². The van der Waals surface area contributed by atoms with E-state index in [4.69, 9.17) is 0 Å². The third-order valence-electron chi connectivity index (χ3n) is 3.20. The van der Waals surface area contributed by atoms with Crippen LogP contribution in [0.15, 0.2) is 12.4 Å². The maximum Gasteiger partial charge on any atom is 0.0692 e. The molecule has 0 saturated carbocycles. The Kier molecular flexibility index (Phi) is 9.44. The number of hydrogen-bond donors (Lipinski definition) is 1. The number of nitrogens with one attached hydrogen (secondary N) is 1. The third kappa shape index (κ3) is 8.23. The van der Waals surface area contributed by atoms with Gasteiger partial charge in [-0.3, -0.25) is 4.68 Å². The molecule has 1 aromatic heterocycles. The highest BCUT2D eigenvalue weighted by Crippen LogP contribution is 2.07. The summed E-state index contributed by atoms with van der Waals surface area (Å²) in [5.74, 6) is 0. The molecule has 0 bridgehead atoms. The van der Waals surface area contributed by atoms with Crippen molar-refractivity contribution >= 4 is 0 Å². The number of aromatic nitrogens is 3. The molecule has 0 atom stereocenters. The molecule has 0 amide bonds. The van der Waals surface area contributed by atoms with Gasteiger partial charge in [0.25, 0.3) is 0 Å². The molecule has 0 saturated heterocycles. The van der Waals surface area contributed by atoms with Crippen LogP contribution in [-0.2, 0) is 6.54 Å². The molecule has 0 aliphatic carbocycles. The summed E-state index contributed by atoms with van der Waals surface area (Å²) >= 11 is 0. The van der Waals surface area contributed by atoms with Crippen LogP contribution in [0.3, 0.4) is 0 Å². The molecule has 1 rings (SSSR count). The van der Waals surface area contributed by atoms with Gasteiger partial charge in [-0.25, -0.2) is 0 Å². The van der Waals surface area contributed by atoms with Crippen molar-refractivity contribution in [3.8, 4) is 0 Å². The first-order valence-corrected chi connectivity index (χ1v) is 7.48. The van der Waals surface area contributed by atoms with E-state index < -0.39 is 0 Å².